The van der Waals surface area contributed by atoms with Crippen molar-refractivity contribution >= 4 is 23.5 Å². The van der Waals surface area contributed by atoms with Crippen LogP contribution in [0, 0.1) is 5.82 Å². The third kappa shape index (κ3) is 6.12. The van der Waals surface area contributed by atoms with E-state index in [1.165, 1.54) is 12.1 Å². The summed E-state index contributed by atoms with van der Waals surface area (Å²) < 4.78 is 13.5. The zero-order valence-corrected chi connectivity index (χ0v) is 12.6. The van der Waals surface area contributed by atoms with E-state index in [0.29, 0.717) is 12.0 Å². The van der Waals surface area contributed by atoms with Crippen LogP contribution in [0.4, 0.5) is 4.39 Å². The number of aliphatic carboxylic acids is 1. The molecule has 0 aliphatic rings. The quantitative estimate of drug-likeness (QED) is 0.719. The molecular weight excluding hydrogens is 297 g/mol. The summed E-state index contributed by atoms with van der Waals surface area (Å²) in [7, 11) is 0. The number of benzene rings is 1. The molecule has 0 aromatic heterocycles. The van der Waals surface area contributed by atoms with Crippen LogP contribution in [0.3, 0.4) is 0 Å². The van der Waals surface area contributed by atoms with Crippen molar-refractivity contribution < 1.29 is 19.1 Å². The summed E-state index contributed by atoms with van der Waals surface area (Å²) in [5.41, 5.74) is 0.392. The van der Waals surface area contributed by atoms with E-state index in [2.05, 4.69) is 5.32 Å². The van der Waals surface area contributed by atoms with Crippen molar-refractivity contribution in [3.05, 3.63) is 34.6 Å². The first-order valence-electron chi connectivity index (χ1n) is 6.90. The lowest BCUT2D eigenvalue weighted by atomic mass is 10.0. The second-order valence-electron chi connectivity index (χ2n) is 4.85. The second kappa shape index (κ2) is 8.62. The molecule has 1 aromatic carbocycles. The number of rotatable bonds is 8. The van der Waals surface area contributed by atoms with E-state index in [1.807, 2.05) is 6.92 Å². The van der Waals surface area contributed by atoms with Gasteiger partial charge < -0.3 is 10.4 Å². The van der Waals surface area contributed by atoms with Gasteiger partial charge in [-0.05, 0) is 24.1 Å². The number of halogens is 2. The van der Waals surface area contributed by atoms with E-state index < -0.39 is 17.8 Å². The fourth-order valence-corrected chi connectivity index (χ4v) is 2.08. The molecule has 1 rings (SSSR count). The van der Waals surface area contributed by atoms with Crippen molar-refractivity contribution in [3.8, 4) is 0 Å². The Bertz CT molecular complexity index is 508. The number of hydrogen-bond acceptors (Lipinski definition) is 2. The van der Waals surface area contributed by atoms with Gasteiger partial charge in [-0.3, -0.25) is 9.59 Å². The lowest BCUT2D eigenvalue weighted by Gasteiger charge is -2.18. The van der Waals surface area contributed by atoms with E-state index in [0.717, 1.165) is 25.3 Å². The average Bonchev–Trinajstić information content (AvgIpc) is 2.41. The normalized spacial score (nSPS) is 12.0. The van der Waals surface area contributed by atoms with Crippen LogP contribution in [-0.4, -0.2) is 17.0 Å². The lowest BCUT2D eigenvalue weighted by Crippen LogP contribution is -2.30. The van der Waals surface area contributed by atoms with Crippen molar-refractivity contribution in [2.75, 3.05) is 0 Å². The predicted molar refractivity (Wildman–Crippen MR) is 78.7 cm³/mol. The highest BCUT2D eigenvalue weighted by Gasteiger charge is 2.19. The highest BCUT2D eigenvalue weighted by molar-refractivity contribution is 6.30. The molecule has 0 fully saturated rings. The third-order valence-corrected chi connectivity index (χ3v) is 3.37. The van der Waals surface area contributed by atoms with E-state index in [1.54, 1.807) is 0 Å². The molecule has 21 heavy (non-hydrogen) atoms. The number of hydrogen-bond donors (Lipinski definition) is 2. The van der Waals surface area contributed by atoms with Gasteiger partial charge in [0, 0.05) is 6.42 Å². The third-order valence-electron chi connectivity index (χ3n) is 3.07. The van der Waals surface area contributed by atoms with Gasteiger partial charge in [-0.2, -0.15) is 0 Å². The van der Waals surface area contributed by atoms with Crippen molar-refractivity contribution in [2.24, 2.45) is 0 Å². The van der Waals surface area contributed by atoms with Gasteiger partial charge in [-0.1, -0.05) is 37.4 Å². The van der Waals surface area contributed by atoms with Gasteiger partial charge in [0.2, 0.25) is 5.91 Å². The highest BCUT2D eigenvalue weighted by atomic mass is 35.5. The number of amides is 1. The van der Waals surface area contributed by atoms with Gasteiger partial charge in [0.25, 0.3) is 0 Å². The SMILES string of the molecule is CCCCCC(=O)NC(CC(=O)O)c1ccc(Cl)c(F)c1. The van der Waals surface area contributed by atoms with Gasteiger partial charge in [-0.15, -0.1) is 0 Å². The van der Waals surface area contributed by atoms with E-state index in [4.69, 9.17) is 16.7 Å². The minimum atomic E-state index is -1.07. The number of carboxylic acid groups (broad SMARTS) is 1. The van der Waals surface area contributed by atoms with Crippen LogP contribution in [0.25, 0.3) is 0 Å². The second-order valence-corrected chi connectivity index (χ2v) is 5.26. The molecule has 6 heteroatoms. The number of unbranched alkanes of at least 4 members (excludes halogenated alkanes) is 2. The van der Waals surface area contributed by atoms with E-state index >= 15 is 0 Å². The Morgan fingerprint density at radius 1 is 1.38 bits per heavy atom. The van der Waals surface area contributed by atoms with Gasteiger partial charge >= 0.3 is 5.97 Å². The monoisotopic (exact) mass is 315 g/mol. The van der Waals surface area contributed by atoms with Crippen LogP contribution in [0.2, 0.25) is 5.02 Å². The molecule has 0 aliphatic heterocycles. The van der Waals surface area contributed by atoms with Crippen LogP contribution in [0.15, 0.2) is 18.2 Å². The molecule has 0 saturated carbocycles. The van der Waals surface area contributed by atoms with Gasteiger partial charge in [-0.25, -0.2) is 4.39 Å². The minimum absolute atomic E-state index is 0.0397. The lowest BCUT2D eigenvalue weighted by molar-refractivity contribution is -0.137. The summed E-state index contributed by atoms with van der Waals surface area (Å²) in [6.45, 7) is 2.03. The summed E-state index contributed by atoms with van der Waals surface area (Å²) in [5.74, 6) is -1.93. The Morgan fingerprint density at radius 2 is 2.10 bits per heavy atom. The summed E-state index contributed by atoms with van der Waals surface area (Å²) in [5, 5.41) is 11.5. The summed E-state index contributed by atoms with van der Waals surface area (Å²) in [6.07, 6.45) is 2.71. The Balaban J connectivity index is 2.77. The molecular formula is C15H19ClFNO3. The predicted octanol–water partition coefficient (Wildman–Crippen LogP) is 3.69. The molecule has 1 amide bonds. The van der Waals surface area contributed by atoms with E-state index in [9.17, 15) is 14.0 Å². The summed E-state index contributed by atoms with van der Waals surface area (Å²) in [6, 6.07) is 3.26. The van der Waals surface area contributed by atoms with Crippen molar-refractivity contribution in [2.45, 2.75) is 45.1 Å². The van der Waals surface area contributed by atoms with Gasteiger partial charge in [0.15, 0.2) is 0 Å². The molecule has 0 spiro atoms. The van der Waals surface area contributed by atoms with Crippen LogP contribution < -0.4 is 5.32 Å². The van der Waals surface area contributed by atoms with Crippen molar-refractivity contribution in [1.82, 2.24) is 5.32 Å². The minimum Gasteiger partial charge on any atom is -0.481 e. The first-order valence-corrected chi connectivity index (χ1v) is 7.28. The number of carbonyl (C=O) groups is 2. The molecule has 116 valence electrons. The molecule has 0 radical (unpaired) electrons. The zero-order chi connectivity index (χ0) is 15.8. The topological polar surface area (TPSA) is 66.4 Å². The van der Waals surface area contributed by atoms with E-state index in [-0.39, 0.29) is 17.4 Å². The fourth-order valence-electron chi connectivity index (χ4n) is 1.96. The smallest absolute Gasteiger partial charge is 0.305 e. The molecule has 0 bridgehead atoms. The van der Waals surface area contributed by atoms with Crippen LogP contribution in [0.5, 0.6) is 0 Å². The molecule has 1 aromatic rings. The molecule has 0 aliphatic carbocycles. The summed E-state index contributed by atoms with van der Waals surface area (Å²) in [4.78, 5) is 22.7. The molecule has 2 N–H and O–H groups in total. The summed E-state index contributed by atoms with van der Waals surface area (Å²) >= 11 is 5.60. The molecule has 1 unspecified atom stereocenters. The first kappa shape index (κ1) is 17.4. The van der Waals surface area contributed by atoms with Gasteiger partial charge in [0.1, 0.15) is 5.82 Å². The highest BCUT2D eigenvalue weighted by Crippen LogP contribution is 2.22. The number of carbonyl (C=O) groups excluding carboxylic acids is 1. The molecule has 1 atom stereocenters. The first-order chi connectivity index (χ1) is 9.93. The maximum atomic E-state index is 13.5. The zero-order valence-electron chi connectivity index (χ0n) is 11.9. The van der Waals surface area contributed by atoms with Crippen molar-refractivity contribution in [3.63, 3.8) is 0 Å². The van der Waals surface area contributed by atoms with Gasteiger partial charge in [0.05, 0.1) is 17.5 Å². The average molecular weight is 316 g/mol. The Labute approximate surface area is 128 Å². The maximum absolute atomic E-state index is 13.5. The fraction of sp³-hybridized carbons (Fsp3) is 0.467. The number of carboxylic acids is 1. The molecule has 0 heterocycles. The van der Waals surface area contributed by atoms with Crippen LogP contribution in [0.1, 0.15) is 50.6 Å². The molecule has 4 nitrogen and oxygen atoms in total. The van der Waals surface area contributed by atoms with Crippen LogP contribution >= 0.6 is 11.6 Å². The molecule has 0 saturated heterocycles. The standard InChI is InChI=1S/C15H19ClFNO3/c1-2-3-4-5-14(19)18-13(9-15(20)21)10-6-7-11(16)12(17)8-10/h6-8,13H,2-5,9H2,1H3,(H,18,19)(H,20,21). The largest absolute Gasteiger partial charge is 0.481 e. The maximum Gasteiger partial charge on any atom is 0.305 e. The Kier molecular flexibility index (Phi) is 7.15. The van der Waals surface area contributed by atoms with Crippen molar-refractivity contribution in [1.29, 1.82) is 0 Å². The van der Waals surface area contributed by atoms with Crippen LogP contribution in [-0.2, 0) is 9.59 Å². The Morgan fingerprint density at radius 3 is 2.67 bits per heavy atom. The Hall–Kier alpha value is -1.62. The number of nitrogens with one attached hydrogen (secondary N) is 1.